The summed E-state index contributed by atoms with van der Waals surface area (Å²) in [4.78, 5) is 10.0. The number of aldehydes is 1. The van der Waals surface area contributed by atoms with Gasteiger partial charge in [0, 0.05) is 6.42 Å². The maximum atomic E-state index is 10.0. The third kappa shape index (κ3) is 0.951. The van der Waals surface area contributed by atoms with E-state index in [1.165, 1.54) is 0 Å². The maximum absolute atomic E-state index is 10.0. The molecule has 0 saturated heterocycles. The average Bonchev–Trinajstić information content (AvgIpc) is 1.79. The van der Waals surface area contributed by atoms with Crippen LogP contribution in [0.3, 0.4) is 0 Å². The Balaban J connectivity index is 2.49. The molecule has 0 N–H and O–H groups in total. The molecule has 0 aromatic rings. The summed E-state index contributed by atoms with van der Waals surface area (Å²) in [6.45, 7) is 0. The Morgan fingerprint density at radius 1 is 1.67 bits per heavy atom. The van der Waals surface area contributed by atoms with Gasteiger partial charge in [-0.3, -0.25) is 0 Å². The summed E-state index contributed by atoms with van der Waals surface area (Å²) < 4.78 is 0. The first kappa shape index (κ1) is 6.28. The topological polar surface area (TPSA) is 40.9 Å². The van der Waals surface area contributed by atoms with Crippen molar-refractivity contribution in [3.05, 3.63) is 0 Å². The van der Waals surface area contributed by atoms with Crippen molar-refractivity contribution in [2.24, 2.45) is 5.41 Å². The minimum absolute atomic E-state index is 0.248. The second-order valence-electron chi connectivity index (χ2n) is 2.62. The molecule has 1 fully saturated rings. The summed E-state index contributed by atoms with van der Waals surface area (Å²) in [7, 11) is 0. The molecule has 0 radical (unpaired) electrons. The molecule has 0 heterocycles. The first-order chi connectivity index (χ1) is 4.33. The van der Waals surface area contributed by atoms with Crippen LogP contribution in [0.2, 0.25) is 0 Å². The van der Waals surface area contributed by atoms with Crippen molar-refractivity contribution in [1.29, 1.82) is 5.26 Å². The van der Waals surface area contributed by atoms with Gasteiger partial charge < -0.3 is 4.79 Å². The number of rotatable bonds is 2. The second-order valence-corrected chi connectivity index (χ2v) is 2.62. The fourth-order valence-corrected chi connectivity index (χ4v) is 1.12. The van der Waals surface area contributed by atoms with Gasteiger partial charge in [0.1, 0.15) is 6.29 Å². The Labute approximate surface area is 54.5 Å². The van der Waals surface area contributed by atoms with Crippen LogP contribution in [0, 0.1) is 16.7 Å². The van der Waals surface area contributed by atoms with E-state index in [1.54, 1.807) is 0 Å². The Morgan fingerprint density at radius 2 is 2.33 bits per heavy atom. The van der Waals surface area contributed by atoms with Crippen LogP contribution in [0.25, 0.3) is 0 Å². The highest BCUT2D eigenvalue weighted by Gasteiger charge is 2.36. The molecule has 0 aromatic heterocycles. The van der Waals surface area contributed by atoms with E-state index in [-0.39, 0.29) is 5.41 Å². The van der Waals surface area contributed by atoms with Crippen molar-refractivity contribution < 1.29 is 4.79 Å². The highest BCUT2D eigenvalue weighted by atomic mass is 16.1. The van der Waals surface area contributed by atoms with Crippen molar-refractivity contribution in [3.8, 4) is 6.07 Å². The minimum atomic E-state index is -0.248. The normalized spacial score (nSPS) is 21.7. The first-order valence-corrected chi connectivity index (χ1v) is 3.18. The Morgan fingerprint density at radius 3 is 2.44 bits per heavy atom. The molecular weight excluding hydrogens is 114 g/mol. The first-order valence-electron chi connectivity index (χ1n) is 3.18. The van der Waals surface area contributed by atoms with Crippen molar-refractivity contribution in [3.63, 3.8) is 0 Å². The lowest BCUT2D eigenvalue weighted by Crippen LogP contribution is -2.27. The van der Waals surface area contributed by atoms with Crippen LogP contribution in [0.5, 0.6) is 0 Å². The number of hydrogen-bond acceptors (Lipinski definition) is 2. The summed E-state index contributed by atoms with van der Waals surface area (Å²) in [6.07, 6.45) is 4.23. The fraction of sp³-hybridized carbons (Fsp3) is 0.714. The Hall–Kier alpha value is -0.840. The molecular formula is C7H9NO. The van der Waals surface area contributed by atoms with E-state index in [9.17, 15) is 4.79 Å². The van der Waals surface area contributed by atoms with Gasteiger partial charge in [-0.25, -0.2) is 0 Å². The van der Waals surface area contributed by atoms with Crippen molar-refractivity contribution in [2.45, 2.75) is 25.7 Å². The lowest BCUT2D eigenvalue weighted by molar-refractivity contribution is -0.110. The molecule has 2 nitrogen and oxygen atoms in total. The minimum Gasteiger partial charge on any atom is -0.303 e. The molecule has 2 heteroatoms. The van der Waals surface area contributed by atoms with Gasteiger partial charge in [0.25, 0.3) is 0 Å². The third-order valence-electron chi connectivity index (χ3n) is 2.02. The quantitative estimate of drug-likeness (QED) is 0.519. The molecule has 0 bridgehead atoms. The van der Waals surface area contributed by atoms with Crippen LogP contribution >= 0.6 is 0 Å². The van der Waals surface area contributed by atoms with Gasteiger partial charge in [0.2, 0.25) is 0 Å². The van der Waals surface area contributed by atoms with Gasteiger partial charge in [-0.2, -0.15) is 5.26 Å². The van der Waals surface area contributed by atoms with Crippen molar-refractivity contribution in [1.82, 2.24) is 0 Å². The van der Waals surface area contributed by atoms with Gasteiger partial charge in [-0.05, 0) is 12.8 Å². The van der Waals surface area contributed by atoms with E-state index in [0.29, 0.717) is 6.42 Å². The van der Waals surface area contributed by atoms with Crippen LogP contribution in [-0.4, -0.2) is 6.29 Å². The number of nitrogens with zero attached hydrogens (tertiary/aromatic N) is 1. The number of carbonyl (C=O) groups excluding carboxylic acids is 1. The van der Waals surface area contributed by atoms with Crippen molar-refractivity contribution in [2.75, 3.05) is 0 Å². The molecule has 0 atom stereocenters. The summed E-state index contributed by atoms with van der Waals surface area (Å²) >= 11 is 0. The zero-order valence-corrected chi connectivity index (χ0v) is 5.26. The molecule has 1 rings (SSSR count). The Kier molecular flexibility index (Phi) is 1.52. The molecule has 0 unspecified atom stereocenters. The average molecular weight is 123 g/mol. The van der Waals surface area contributed by atoms with Crippen LogP contribution in [-0.2, 0) is 4.79 Å². The monoisotopic (exact) mass is 123 g/mol. The van der Waals surface area contributed by atoms with E-state index in [4.69, 9.17) is 5.26 Å². The number of hydrogen-bond donors (Lipinski definition) is 0. The lowest BCUT2D eigenvalue weighted by atomic mass is 9.68. The SMILES string of the molecule is N#CC1(CC=O)CCC1. The molecule has 48 valence electrons. The van der Waals surface area contributed by atoms with Crippen LogP contribution < -0.4 is 0 Å². The van der Waals surface area contributed by atoms with E-state index in [1.807, 2.05) is 0 Å². The third-order valence-corrected chi connectivity index (χ3v) is 2.02. The van der Waals surface area contributed by atoms with Crippen LogP contribution in [0.4, 0.5) is 0 Å². The summed E-state index contributed by atoms with van der Waals surface area (Å²) in [5, 5.41) is 8.56. The zero-order chi connectivity index (χ0) is 6.74. The highest BCUT2D eigenvalue weighted by Crippen LogP contribution is 2.42. The second kappa shape index (κ2) is 2.18. The number of nitriles is 1. The summed E-state index contributed by atoms with van der Waals surface area (Å²) in [6, 6.07) is 2.18. The molecule has 1 aliphatic rings. The smallest absolute Gasteiger partial charge is 0.121 e. The Bertz CT molecular complexity index is 153. The van der Waals surface area contributed by atoms with Gasteiger partial charge in [-0.15, -0.1) is 0 Å². The van der Waals surface area contributed by atoms with Gasteiger partial charge in [-0.1, -0.05) is 6.42 Å². The molecule has 0 amide bonds. The zero-order valence-electron chi connectivity index (χ0n) is 5.26. The number of carbonyl (C=O) groups is 1. The predicted molar refractivity (Wildman–Crippen MR) is 32.6 cm³/mol. The van der Waals surface area contributed by atoms with E-state index < -0.39 is 0 Å². The van der Waals surface area contributed by atoms with Crippen LogP contribution in [0.1, 0.15) is 25.7 Å². The molecule has 0 aliphatic heterocycles. The largest absolute Gasteiger partial charge is 0.303 e. The fourth-order valence-electron chi connectivity index (χ4n) is 1.12. The van der Waals surface area contributed by atoms with Crippen molar-refractivity contribution >= 4 is 6.29 Å². The maximum Gasteiger partial charge on any atom is 0.121 e. The summed E-state index contributed by atoms with van der Waals surface area (Å²) in [5.74, 6) is 0. The van der Waals surface area contributed by atoms with Gasteiger partial charge in [0.05, 0.1) is 11.5 Å². The van der Waals surface area contributed by atoms with Gasteiger partial charge >= 0.3 is 0 Å². The predicted octanol–water partition coefficient (Wildman–Crippen LogP) is 1.27. The van der Waals surface area contributed by atoms with Crippen LogP contribution in [0.15, 0.2) is 0 Å². The van der Waals surface area contributed by atoms with E-state index >= 15 is 0 Å². The standard InChI is InChI=1S/C7H9NO/c8-6-7(4-5-9)2-1-3-7/h5H,1-4H2. The highest BCUT2D eigenvalue weighted by molar-refractivity contribution is 5.52. The summed E-state index contributed by atoms with van der Waals surface area (Å²) in [5.41, 5.74) is -0.248. The lowest BCUT2D eigenvalue weighted by Gasteiger charge is -2.32. The molecule has 1 saturated carbocycles. The molecule has 0 aromatic carbocycles. The molecule has 1 aliphatic carbocycles. The molecule has 0 spiro atoms. The van der Waals surface area contributed by atoms with E-state index in [0.717, 1.165) is 25.5 Å². The molecule has 9 heavy (non-hydrogen) atoms. The van der Waals surface area contributed by atoms with E-state index in [2.05, 4.69) is 6.07 Å². The van der Waals surface area contributed by atoms with Gasteiger partial charge in [0.15, 0.2) is 0 Å².